The SMILES string of the molecule is OCCCc1ccc(O)cc1C1CCCCC1. The van der Waals surface area contributed by atoms with Crippen LogP contribution in [0.5, 0.6) is 5.75 Å². The number of hydrogen-bond acceptors (Lipinski definition) is 2. The van der Waals surface area contributed by atoms with Crippen LogP contribution in [-0.4, -0.2) is 16.8 Å². The molecule has 0 heterocycles. The van der Waals surface area contributed by atoms with E-state index < -0.39 is 0 Å². The molecule has 2 heteroatoms. The molecule has 0 unspecified atom stereocenters. The molecule has 1 fully saturated rings. The number of aryl methyl sites for hydroxylation is 1. The summed E-state index contributed by atoms with van der Waals surface area (Å²) in [5, 5.41) is 18.6. The number of aromatic hydroxyl groups is 1. The number of aliphatic hydroxyl groups excluding tert-OH is 1. The Morgan fingerprint density at radius 2 is 1.88 bits per heavy atom. The van der Waals surface area contributed by atoms with Crippen LogP contribution >= 0.6 is 0 Å². The van der Waals surface area contributed by atoms with Gasteiger partial charge in [0.05, 0.1) is 0 Å². The number of aliphatic hydroxyl groups is 1. The van der Waals surface area contributed by atoms with Crippen LogP contribution < -0.4 is 0 Å². The number of phenolic OH excluding ortho intramolecular Hbond substituents is 1. The predicted octanol–water partition coefficient (Wildman–Crippen LogP) is 3.36. The lowest BCUT2D eigenvalue weighted by molar-refractivity contribution is 0.288. The normalized spacial score (nSPS) is 17.2. The van der Waals surface area contributed by atoms with Crippen molar-refractivity contribution in [3.63, 3.8) is 0 Å². The lowest BCUT2D eigenvalue weighted by atomic mass is 9.81. The quantitative estimate of drug-likeness (QED) is 0.838. The fourth-order valence-corrected chi connectivity index (χ4v) is 2.87. The summed E-state index contributed by atoms with van der Waals surface area (Å²) in [5.41, 5.74) is 2.63. The highest BCUT2D eigenvalue weighted by atomic mass is 16.3. The summed E-state index contributed by atoms with van der Waals surface area (Å²) in [5.74, 6) is 0.989. The monoisotopic (exact) mass is 234 g/mol. The summed E-state index contributed by atoms with van der Waals surface area (Å²) in [4.78, 5) is 0. The van der Waals surface area contributed by atoms with Crippen LogP contribution in [0.1, 0.15) is 55.6 Å². The minimum Gasteiger partial charge on any atom is -0.508 e. The molecule has 0 atom stereocenters. The van der Waals surface area contributed by atoms with Gasteiger partial charge in [-0.3, -0.25) is 0 Å². The van der Waals surface area contributed by atoms with Crippen molar-refractivity contribution >= 4 is 0 Å². The molecule has 94 valence electrons. The third-order valence-electron chi connectivity index (χ3n) is 3.78. The molecular formula is C15H22O2. The third kappa shape index (κ3) is 3.22. The molecule has 1 aromatic rings. The first kappa shape index (κ1) is 12.4. The van der Waals surface area contributed by atoms with E-state index in [1.54, 1.807) is 6.07 Å². The molecule has 0 amide bonds. The molecule has 0 saturated heterocycles. The topological polar surface area (TPSA) is 40.5 Å². The summed E-state index contributed by atoms with van der Waals surface area (Å²) in [6.45, 7) is 0.241. The van der Waals surface area contributed by atoms with Crippen LogP contribution in [0.3, 0.4) is 0 Å². The van der Waals surface area contributed by atoms with E-state index in [9.17, 15) is 5.11 Å². The van der Waals surface area contributed by atoms with Crippen LogP contribution in [-0.2, 0) is 6.42 Å². The molecule has 0 radical (unpaired) electrons. The smallest absolute Gasteiger partial charge is 0.115 e. The molecule has 0 bridgehead atoms. The lowest BCUT2D eigenvalue weighted by Gasteiger charge is -2.24. The Bertz CT molecular complexity index is 354. The predicted molar refractivity (Wildman–Crippen MR) is 69.3 cm³/mol. The van der Waals surface area contributed by atoms with Gasteiger partial charge in [0.15, 0.2) is 0 Å². The average Bonchev–Trinajstić information content (AvgIpc) is 2.38. The van der Waals surface area contributed by atoms with Crippen molar-refractivity contribution in [1.29, 1.82) is 0 Å². The van der Waals surface area contributed by atoms with Crippen molar-refractivity contribution in [3.8, 4) is 5.75 Å². The van der Waals surface area contributed by atoms with E-state index in [0.717, 1.165) is 12.8 Å². The van der Waals surface area contributed by atoms with E-state index in [4.69, 9.17) is 5.11 Å². The highest BCUT2D eigenvalue weighted by molar-refractivity contribution is 5.37. The molecule has 0 spiro atoms. The molecule has 1 aliphatic rings. The summed E-state index contributed by atoms with van der Waals surface area (Å²) >= 11 is 0. The molecule has 1 aliphatic carbocycles. The first-order chi connectivity index (χ1) is 8.31. The Kier molecular flexibility index (Phi) is 4.43. The van der Waals surface area contributed by atoms with Crippen LogP contribution in [0.2, 0.25) is 0 Å². The summed E-state index contributed by atoms with van der Waals surface area (Å²) in [6, 6.07) is 5.72. The molecule has 0 aliphatic heterocycles. The highest BCUT2D eigenvalue weighted by Crippen LogP contribution is 2.36. The first-order valence-electron chi connectivity index (χ1n) is 6.74. The van der Waals surface area contributed by atoms with Gasteiger partial charge in [-0.05, 0) is 54.9 Å². The summed E-state index contributed by atoms with van der Waals surface area (Å²) in [6.07, 6.45) is 8.18. The lowest BCUT2D eigenvalue weighted by Crippen LogP contribution is -2.07. The molecule has 2 nitrogen and oxygen atoms in total. The second-order valence-corrected chi connectivity index (χ2v) is 5.05. The van der Waals surface area contributed by atoms with Gasteiger partial charge in [0.1, 0.15) is 5.75 Å². The number of benzene rings is 1. The van der Waals surface area contributed by atoms with E-state index in [-0.39, 0.29) is 6.61 Å². The molecule has 0 aromatic heterocycles. The number of rotatable bonds is 4. The Hall–Kier alpha value is -1.02. The van der Waals surface area contributed by atoms with Crippen molar-refractivity contribution in [2.45, 2.75) is 50.9 Å². The van der Waals surface area contributed by atoms with Gasteiger partial charge in [-0.1, -0.05) is 25.3 Å². The van der Waals surface area contributed by atoms with Crippen LogP contribution in [0.4, 0.5) is 0 Å². The average molecular weight is 234 g/mol. The minimum absolute atomic E-state index is 0.241. The van der Waals surface area contributed by atoms with Crippen molar-refractivity contribution in [3.05, 3.63) is 29.3 Å². The zero-order chi connectivity index (χ0) is 12.1. The summed E-state index contributed by atoms with van der Waals surface area (Å²) < 4.78 is 0. The van der Waals surface area contributed by atoms with Crippen LogP contribution in [0, 0.1) is 0 Å². The largest absolute Gasteiger partial charge is 0.508 e. The maximum Gasteiger partial charge on any atom is 0.115 e. The zero-order valence-corrected chi connectivity index (χ0v) is 10.4. The second kappa shape index (κ2) is 6.06. The maximum atomic E-state index is 9.64. The van der Waals surface area contributed by atoms with E-state index in [0.29, 0.717) is 11.7 Å². The molecule has 2 N–H and O–H groups in total. The molecule has 1 saturated carbocycles. The van der Waals surface area contributed by atoms with Crippen LogP contribution in [0.25, 0.3) is 0 Å². The van der Waals surface area contributed by atoms with Crippen molar-refractivity contribution in [2.75, 3.05) is 6.61 Å². The Balaban J connectivity index is 2.19. The van der Waals surface area contributed by atoms with E-state index in [1.165, 1.54) is 43.2 Å². The van der Waals surface area contributed by atoms with Gasteiger partial charge in [0.2, 0.25) is 0 Å². The third-order valence-corrected chi connectivity index (χ3v) is 3.78. The van der Waals surface area contributed by atoms with Gasteiger partial charge >= 0.3 is 0 Å². The van der Waals surface area contributed by atoms with Gasteiger partial charge in [0, 0.05) is 6.61 Å². The summed E-state index contributed by atoms with van der Waals surface area (Å²) in [7, 11) is 0. The molecule has 2 rings (SSSR count). The van der Waals surface area contributed by atoms with Gasteiger partial charge in [-0.15, -0.1) is 0 Å². The standard InChI is InChI=1S/C15H22O2/c16-10-4-7-13-8-9-14(17)11-15(13)12-5-2-1-3-6-12/h8-9,11-12,16-17H,1-7,10H2. The fraction of sp³-hybridized carbons (Fsp3) is 0.600. The fourth-order valence-electron chi connectivity index (χ4n) is 2.87. The Morgan fingerprint density at radius 1 is 1.12 bits per heavy atom. The maximum absolute atomic E-state index is 9.64. The van der Waals surface area contributed by atoms with Crippen molar-refractivity contribution in [1.82, 2.24) is 0 Å². The first-order valence-corrected chi connectivity index (χ1v) is 6.74. The van der Waals surface area contributed by atoms with Crippen molar-refractivity contribution < 1.29 is 10.2 Å². The Labute approximate surface area is 103 Å². The van der Waals surface area contributed by atoms with Gasteiger partial charge in [-0.25, -0.2) is 0 Å². The van der Waals surface area contributed by atoms with Gasteiger partial charge < -0.3 is 10.2 Å². The molecular weight excluding hydrogens is 212 g/mol. The zero-order valence-electron chi connectivity index (χ0n) is 10.4. The number of phenols is 1. The van der Waals surface area contributed by atoms with E-state index in [2.05, 4.69) is 0 Å². The second-order valence-electron chi connectivity index (χ2n) is 5.05. The van der Waals surface area contributed by atoms with E-state index in [1.807, 2.05) is 12.1 Å². The van der Waals surface area contributed by atoms with Gasteiger partial charge in [0.25, 0.3) is 0 Å². The van der Waals surface area contributed by atoms with Crippen LogP contribution in [0.15, 0.2) is 18.2 Å². The minimum atomic E-state index is 0.241. The molecule has 1 aromatic carbocycles. The Morgan fingerprint density at radius 3 is 2.59 bits per heavy atom. The van der Waals surface area contributed by atoms with E-state index >= 15 is 0 Å². The highest BCUT2D eigenvalue weighted by Gasteiger charge is 2.18. The molecule has 17 heavy (non-hydrogen) atoms. The van der Waals surface area contributed by atoms with Crippen molar-refractivity contribution in [2.24, 2.45) is 0 Å². The van der Waals surface area contributed by atoms with Gasteiger partial charge in [-0.2, -0.15) is 0 Å². The number of hydrogen-bond donors (Lipinski definition) is 2.